The van der Waals surface area contributed by atoms with Gasteiger partial charge in [-0.25, -0.2) is 0 Å². The molecule has 0 radical (unpaired) electrons. The van der Waals surface area contributed by atoms with Crippen LogP contribution in [0.3, 0.4) is 0 Å². The molecule has 2 rings (SSSR count). The molecule has 1 aromatic rings. The van der Waals surface area contributed by atoms with E-state index in [0.717, 1.165) is 13.0 Å². The summed E-state index contributed by atoms with van der Waals surface area (Å²) >= 11 is 5.34. The smallest absolute Gasteiger partial charge is 0.0834 e. The monoisotopic (exact) mass is 317 g/mol. The van der Waals surface area contributed by atoms with Gasteiger partial charge in [-0.15, -0.1) is 11.3 Å². The number of methoxy groups -OCH3 is 1. The molecule has 1 aromatic heterocycles. The fourth-order valence-electron chi connectivity index (χ4n) is 2.57. The van der Waals surface area contributed by atoms with Gasteiger partial charge in [0.15, 0.2) is 0 Å². The Kier molecular flexibility index (Phi) is 4.64. The number of nitrogens with one attached hydrogen (secondary N) is 1. The van der Waals surface area contributed by atoms with Crippen molar-refractivity contribution in [3.8, 4) is 0 Å². The zero-order valence-electron chi connectivity index (χ0n) is 10.5. The molecule has 0 bridgehead atoms. The summed E-state index contributed by atoms with van der Waals surface area (Å²) < 4.78 is 6.99. The number of ether oxygens (including phenoxy) is 1. The Morgan fingerprint density at radius 1 is 1.59 bits per heavy atom. The van der Waals surface area contributed by atoms with Crippen molar-refractivity contribution in [2.24, 2.45) is 0 Å². The first-order valence-electron chi connectivity index (χ1n) is 6.21. The van der Waals surface area contributed by atoms with E-state index in [0.29, 0.717) is 6.04 Å². The fourth-order valence-corrected chi connectivity index (χ4v) is 4.07. The zero-order chi connectivity index (χ0) is 12.3. The number of halogens is 1. The van der Waals surface area contributed by atoms with Crippen LogP contribution in [0.15, 0.2) is 15.9 Å². The lowest BCUT2D eigenvalue weighted by Crippen LogP contribution is -2.57. The standard InChI is InChI=1S/C13H20BrNOS/c1-3-15-12(13(16-2)5-4-6-13)8-11-7-10(14)9-17-11/h7,9,12,15H,3-6,8H2,1-2H3. The van der Waals surface area contributed by atoms with Crippen LogP contribution in [0.25, 0.3) is 0 Å². The Hall–Kier alpha value is 0.1000. The van der Waals surface area contributed by atoms with Gasteiger partial charge in [0.05, 0.1) is 5.60 Å². The van der Waals surface area contributed by atoms with Crippen molar-refractivity contribution in [2.75, 3.05) is 13.7 Å². The van der Waals surface area contributed by atoms with Gasteiger partial charge in [0.2, 0.25) is 0 Å². The summed E-state index contributed by atoms with van der Waals surface area (Å²) in [6.45, 7) is 3.17. The number of thiophene rings is 1. The van der Waals surface area contributed by atoms with E-state index in [4.69, 9.17) is 4.74 Å². The summed E-state index contributed by atoms with van der Waals surface area (Å²) in [4.78, 5) is 1.42. The van der Waals surface area contributed by atoms with Gasteiger partial charge in [0.25, 0.3) is 0 Å². The maximum Gasteiger partial charge on any atom is 0.0834 e. The van der Waals surface area contributed by atoms with Crippen LogP contribution in [0, 0.1) is 0 Å². The second kappa shape index (κ2) is 5.83. The van der Waals surface area contributed by atoms with Gasteiger partial charge in [-0.1, -0.05) is 6.92 Å². The molecule has 0 saturated heterocycles. The molecule has 1 fully saturated rings. The molecule has 0 aliphatic heterocycles. The van der Waals surface area contributed by atoms with Crippen LogP contribution in [0.4, 0.5) is 0 Å². The Bertz CT molecular complexity index is 357. The van der Waals surface area contributed by atoms with E-state index in [9.17, 15) is 0 Å². The van der Waals surface area contributed by atoms with E-state index in [2.05, 4.69) is 39.6 Å². The van der Waals surface area contributed by atoms with Crippen molar-refractivity contribution in [2.45, 2.75) is 44.2 Å². The quantitative estimate of drug-likeness (QED) is 0.865. The molecule has 96 valence electrons. The first-order chi connectivity index (χ1) is 8.20. The fraction of sp³-hybridized carbons (Fsp3) is 0.692. The molecule has 17 heavy (non-hydrogen) atoms. The van der Waals surface area contributed by atoms with Gasteiger partial charge >= 0.3 is 0 Å². The van der Waals surface area contributed by atoms with Crippen LogP contribution in [0.1, 0.15) is 31.1 Å². The average molecular weight is 318 g/mol. The molecule has 2 nitrogen and oxygen atoms in total. The molecule has 0 aromatic carbocycles. The van der Waals surface area contributed by atoms with Gasteiger partial charge < -0.3 is 10.1 Å². The summed E-state index contributed by atoms with van der Waals surface area (Å²) in [6, 6.07) is 2.66. The summed E-state index contributed by atoms with van der Waals surface area (Å²) in [5.41, 5.74) is 0.0759. The van der Waals surface area contributed by atoms with Gasteiger partial charge in [0.1, 0.15) is 0 Å². The highest BCUT2D eigenvalue weighted by atomic mass is 79.9. The Labute approximate surface area is 116 Å². The lowest BCUT2D eigenvalue weighted by Gasteiger charge is -2.46. The SMILES string of the molecule is CCNC(Cc1cc(Br)cs1)C1(OC)CCC1. The largest absolute Gasteiger partial charge is 0.377 e. The summed E-state index contributed by atoms with van der Waals surface area (Å²) in [5.74, 6) is 0. The number of rotatable bonds is 6. The van der Waals surface area contributed by atoms with Gasteiger partial charge in [-0.3, -0.25) is 0 Å². The average Bonchev–Trinajstić information content (AvgIpc) is 2.63. The molecule has 4 heteroatoms. The van der Waals surface area contributed by atoms with Crippen molar-refractivity contribution in [3.63, 3.8) is 0 Å². The van der Waals surface area contributed by atoms with Gasteiger partial charge in [0, 0.05) is 27.9 Å². The van der Waals surface area contributed by atoms with Crippen LogP contribution in [-0.4, -0.2) is 25.3 Å². The third kappa shape index (κ3) is 2.92. The molecule has 1 atom stereocenters. The second-order valence-electron chi connectivity index (χ2n) is 4.67. The van der Waals surface area contributed by atoms with Crippen LogP contribution in [0.2, 0.25) is 0 Å². The minimum Gasteiger partial charge on any atom is -0.377 e. The third-order valence-corrected chi connectivity index (χ3v) is 5.44. The Balaban J connectivity index is 2.06. The van der Waals surface area contributed by atoms with Crippen molar-refractivity contribution in [3.05, 3.63) is 20.8 Å². The second-order valence-corrected chi connectivity index (χ2v) is 6.58. The van der Waals surface area contributed by atoms with E-state index in [1.807, 2.05) is 18.4 Å². The van der Waals surface area contributed by atoms with E-state index >= 15 is 0 Å². The number of hydrogen-bond donors (Lipinski definition) is 1. The third-order valence-electron chi connectivity index (χ3n) is 3.72. The Morgan fingerprint density at radius 2 is 2.35 bits per heavy atom. The minimum atomic E-state index is 0.0759. The summed E-state index contributed by atoms with van der Waals surface area (Å²) in [7, 11) is 1.85. The number of likely N-dealkylation sites (N-methyl/N-ethyl adjacent to an activating group) is 1. The van der Waals surface area contributed by atoms with Crippen LogP contribution in [-0.2, 0) is 11.2 Å². The molecular formula is C13H20BrNOS. The van der Waals surface area contributed by atoms with E-state index < -0.39 is 0 Å². The molecular weight excluding hydrogens is 298 g/mol. The minimum absolute atomic E-state index is 0.0759. The highest BCUT2D eigenvalue weighted by Crippen LogP contribution is 2.39. The summed E-state index contributed by atoms with van der Waals surface area (Å²) in [6.07, 6.45) is 4.74. The maximum atomic E-state index is 5.80. The molecule has 0 spiro atoms. The number of hydrogen-bond acceptors (Lipinski definition) is 3. The predicted octanol–water partition coefficient (Wildman–Crippen LogP) is 3.60. The first kappa shape index (κ1) is 13.5. The van der Waals surface area contributed by atoms with Gasteiger partial charge in [-0.2, -0.15) is 0 Å². The molecule has 1 aliphatic carbocycles. The van der Waals surface area contributed by atoms with E-state index in [1.54, 1.807) is 0 Å². The molecule has 1 unspecified atom stereocenters. The molecule has 1 heterocycles. The van der Waals surface area contributed by atoms with Crippen LogP contribution < -0.4 is 5.32 Å². The first-order valence-corrected chi connectivity index (χ1v) is 7.89. The van der Waals surface area contributed by atoms with Crippen molar-refractivity contribution < 1.29 is 4.74 Å². The van der Waals surface area contributed by atoms with E-state index in [-0.39, 0.29) is 5.60 Å². The highest BCUT2D eigenvalue weighted by molar-refractivity contribution is 9.10. The zero-order valence-corrected chi connectivity index (χ0v) is 12.9. The van der Waals surface area contributed by atoms with Crippen molar-refractivity contribution >= 4 is 27.3 Å². The lowest BCUT2D eigenvalue weighted by molar-refractivity contribution is -0.0976. The highest BCUT2D eigenvalue weighted by Gasteiger charge is 2.44. The van der Waals surface area contributed by atoms with Crippen molar-refractivity contribution in [1.29, 1.82) is 0 Å². The van der Waals surface area contributed by atoms with E-state index in [1.165, 1.54) is 28.6 Å². The van der Waals surface area contributed by atoms with Crippen molar-refractivity contribution in [1.82, 2.24) is 5.32 Å². The molecule has 1 saturated carbocycles. The van der Waals surface area contributed by atoms with Crippen LogP contribution in [0.5, 0.6) is 0 Å². The Morgan fingerprint density at radius 3 is 2.76 bits per heavy atom. The van der Waals surface area contributed by atoms with Crippen LogP contribution >= 0.6 is 27.3 Å². The summed E-state index contributed by atoms with van der Waals surface area (Å²) in [5, 5.41) is 5.75. The molecule has 0 amide bonds. The predicted molar refractivity (Wildman–Crippen MR) is 76.8 cm³/mol. The topological polar surface area (TPSA) is 21.3 Å². The maximum absolute atomic E-state index is 5.80. The molecule has 1 N–H and O–H groups in total. The normalized spacial score (nSPS) is 19.9. The van der Waals surface area contributed by atoms with Gasteiger partial charge in [-0.05, 0) is 54.2 Å². The molecule has 1 aliphatic rings. The lowest BCUT2D eigenvalue weighted by atomic mass is 9.73.